The molecule has 1 aromatic carbocycles. The van der Waals surface area contributed by atoms with Crippen LogP contribution in [0, 0.1) is 6.92 Å². The maximum absolute atomic E-state index is 3.25. The van der Waals surface area contributed by atoms with Gasteiger partial charge in [0.15, 0.2) is 0 Å². The fourth-order valence-electron chi connectivity index (χ4n) is 0.453. The molecule has 0 amide bonds. The summed E-state index contributed by atoms with van der Waals surface area (Å²) < 4.78 is 0. The van der Waals surface area contributed by atoms with Crippen molar-refractivity contribution in [2.45, 2.75) is 6.92 Å². The molecular weight excluding hydrogens is 677 g/mol. The molecule has 0 heterocycles. The molecule has 0 spiro atoms. The van der Waals surface area contributed by atoms with Crippen molar-refractivity contribution in [3.05, 3.63) is 37.3 Å². The minimum absolute atomic E-state index is 0. The standard InChI is InChI=1S/C6H7P.C2H5.H2O.2Rf/c7-6-4-2-1-3-5-6;1-2;;;/h1-5H,7H2;1H2,2H3;1H2;;/q;-1;;;. The second-order valence-electron chi connectivity index (χ2n) is 1.41. The van der Waals surface area contributed by atoms with Gasteiger partial charge in [0.1, 0.15) is 0 Å². The van der Waals surface area contributed by atoms with E-state index >= 15 is 0 Å². The van der Waals surface area contributed by atoms with Crippen molar-refractivity contribution in [3.8, 4) is 0 Å². The molecule has 12 heavy (non-hydrogen) atoms. The Hall–Kier alpha value is -2.39. The summed E-state index contributed by atoms with van der Waals surface area (Å²) in [5.41, 5.74) is 0. The summed E-state index contributed by atoms with van der Waals surface area (Å²) in [5, 5.41) is 1.24. The van der Waals surface area contributed by atoms with Gasteiger partial charge in [-0.15, -0.1) is 9.24 Å². The Balaban J connectivity index is -0.0000000600. The molecule has 2 N–H and O–H groups in total. The monoisotopic (exact) mass is 691 g/mol. The molecule has 0 aliphatic heterocycles. The first-order valence-electron chi connectivity index (χ1n) is 2.91. The minimum Gasteiger partial charge on any atom is -0.412 e. The Morgan fingerprint density at radius 3 is 1.50 bits per heavy atom. The summed E-state index contributed by atoms with van der Waals surface area (Å²) in [6.45, 7) is 5.00. The van der Waals surface area contributed by atoms with Crippen molar-refractivity contribution in [2.24, 2.45) is 0 Å². The first-order chi connectivity index (χ1) is 4.39. The van der Waals surface area contributed by atoms with E-state index in [1.807, 2.05) is 30.3 Å². The molecule has 0 aliphatic carbocycles. The van der Waals surface area contributed by atoms with Gasteiger partial charge in [-0.25, -0.2) is 0 Å². The van der Waals surface area contributed by atoms with Gasteiger partial charge in [0.2, 0.25) is 0 Å². The largest absolute Gasteiger partial charge is 0.412 e. The summed E-state index contributed by atoms with van der Waals surface area (Å²) in [6.07, 6.45) is 0. The van der Waals surface area contributed by atoms with E-state index in [4.69, 9.17) is 0 Å². The summed E-state index contributed by atoms with van der Waals surface area (Å²) in [7, 11) is 2.63. The van der Waals surface area contributed by atoms with Crippen molar-refractivity contribution in [2.75, 3.05) is 0 Å². The molecule has 62 valence electrons. The molecule has 1 rings (SSSR count). The molecule has 1 aromatic rings. The molecule has 0 aromatic heterocycles. The molecule has 1 nitrogen and oxygen atoms in total. The number of benzene rings is 1. The molecule has 0 radical (unpaired) electrons. The fourth-order valence-corrected chi connectivity index (χ4v) is 0.675. The van der Waals surface area contributed by atoms with Gasteiger partial charge in [-0.1, -0.05) is 30.3 Å². The van der Waals surface area contributed by atoms with Gasteiger partial charge >= 0.3 is 0 Å². The maximum Gasteiger partial charge on any atom is 0 e. The van der Waals surface area contributed by atoms with E-state index in [0.29, 0.717) is 0 Å². The van der Waals surface area contributed by atoms with Gasteiger partial charge in [0.05, 0.1) is 0 Å². The molecule has 1 unspecified atom stereocenters. The quantitative estimate of drug-likeness (QED) is 0.290. The summed E-state index contributed by atoms with van der Waals surface area (Å²) >= 11 is 0. The van der Waals surface area contributed by atoms with Crippen LogP contribution >= 0.6 is 9.24 Å². The van der Waals surface area contributed by atoms with Crippen LogP contribution in [-0.4, -0.2) is 5.48 Å². The van der Waals surface area contributed by atoms with Crippen LogP contribution in [0.4, 0.5) is 0 Å². The first-order valence-corrected chi connectivity index (χ1v) is 3.48. The van der Waals surface area contributed by atoms with Crippen LogP contribution in [0.5, 0.6) is 0 Å². The molecule has 4 heteroatoms. The smallest absolute Gasteiger partial charge is 0 e. The Morgan fingerprint density at radius 1 is 1.00 bits per heavy atom. The predicted molar refractivity (Wildman–Crippen MR) is 50.4 cm³/mol. The van der Waals surface area contributed by atoms with Crippen LogP contribution in [0.2, 0.25) is 0 Å². The molecule has 0 saturated heterocycles. The van der Waals surface area contributed by atoms with Gasteiger partial charge in [-0.2, -0.15) is 6.92 Å². The summed E-state index contributed by atoms with van der Waals surface area (Å²) in [6, 6.07) is 10.1. The van der Waals surface area contributed by atoms with Crippen LogP contribution in [0.1, 0.15) is 6.92 Å². The summed E-state index contributed by atoms with van der Waals surface area (Å²) in [4.78, 5) is 0. The molecule has 0 bridgehead atoms. The van der Waals surface area contributed by atoms with E-state index in [0.717, 1.165) is 0 Å². The fraction of sp³-hybridized carbons (Fsp3) is 0.125. The van der Waals surface area contributed by atoms with Gasteiger partial charge < -0.3 is 12.4 Å². The molecule has 0 aliphatic rings. The van der Waals surface area contributed by atoms with E-state index in [-0.39, 0.29) is 5.48 Å². The van der Waals surface area contributed by atoms with Crippen molar-refractivity contribution >= 4 is 14.5 Å². The number of rotatable bonds is 0. The zero-order chi connectivity index (χ0) is 7.11. The van der Waals surface area contributed by atoms with Crippen LogP contribution in [-0.2, 0) is 0 Å². The number of hydrogen-bond donors (Lipinski definition) is 0. The van der Waals surface area contributed by atoms with Crippen LogP contribution < -0.4 is 5.30 Å². The Kier molecular flexibility index (Phi) is 29.9. The SMILES string of the molecule is O.Pc1ccccc1.[CH2-]C.[Rf].[Rf]. The number of hydrogen-bond acceptors (Lipinski definition) is 0. The topological polar surface area (TPSA) is 31.5 Å². The average molecular weight is 691 g/mol. The maximum atomic E-state index is 3.25. The van der Waals surface area contributed by atoms with Crippen molar-refractivity contribution in [3.63, 3.8) is 0 Å². The van der Waals surface area contributed by atoms with E-state index in [9.17, 15) is 0 Å². The minimum atomic E-state index is 0. The molecule has 0 fully saturated rings. The zero-order valence-corrected chi connectivity index (χ0v) is 21.5. The van der Waals surface area contributed by atoms with Gasteiger partial charge in [-0.05, 0) is 5.30 Å². The van der Waals surface area contributed by atoms with Crippen molar-refractivity contribution in [1.82, 2.24) is 0 Å². The van der Waals surface area contributed by atoms with Crippen molar-refractivity contribution in [1.29, 1.82) is 0 Å². The third kappa shape index (κ3) is 10.6. The average Bonchev–Trinajstić information content (AvgIpc) is 1.94. The van der Waals surface area contributed by atoms with Crippen LogP contribution in [0.25, 0.3) is 0 Å². The van der Waals surface area contributed by atoms with Crippen molar-refractivity contribution < 1.29 is 5.48 Å². The van der Waals surface area contributed by atoms with Crippen LogP contribution in [0.3, 0.4) is 0 Å². The third-order valence-corrected chi connectivity index (χ3v) is 1.18. The van der Waals surface area contributed by atoms with Gasteiger partial charge in [0.25, 0.3) is 0 Å². The van der Waals surface area contributed by atoms with E-state index in [1.165, 1.54) is 5.30 Å². The Morgan fingerprint density at radius 2 is 1.33 bits per heavy atom. The first kappa shape index (κ1) is 22.6. The second kappa shape index (κ2) is 15.8. The van der Waals surface area contributed by atoms with E-state index in [2.05, 4.69) is 16.2 Å². The predicted octanol–water partition coefficient (Wildman–Crippen LogP) is 1.20. The Labute approximate surface area is 65.0 Å². The molecule has 1 atom stereocenters. The molecule has 0 saturated carbocycles. The molecular formula is C8H14OPRf2-. The summed E-state index contributed by atoms with van der Waals surface area (Å²) in [5.74, 6) is 0. The van der Waals surface area contributed by atoms with Crippen LogP contribution in [0.15, 0.2) is 30.3 Å². The zero-order valence-electron chi connectivity index (χ0n) is 7.59. The van der Waals surface area contributed by atoms with Gasteiger partial charge in [0, 0.05) is 0 Å². The normalized spacial score (nSPS) is 5.58. The Bertz CT molecular complexity index is 147. The van der Waals surface area contributed by atoms with E-state index in [1.54, 1.807) is 6.92 Å². The third-order valence-electron chi connectivity index (χ3n) is 0.800. The van der Waals surface area contributed by atoms with Gasteiger partial charge in [-0.3, -0.25) is 0 Å². The van der Waals surface area contributed by atoms with E-state index < -0.39 is 0 Å². The second-order valence-corrected chi connectivity index (χ2v) is 2.08.